The van der Waals surface area contributed by atoms with Gasteiger partial charge in [-0.25, -0.2) is 0 Å². The van der Waals surface area contributed by atoms with E-state index in [1.807, 2.05) is 32.3 Å². The van der Waals surface area contributed by atoms with Gasteiger partial charge in [0, 0.05) is 25.4 Å². The second kappa shape index (κ2) is 5.00. The van der Waals surface area contributed by atoms with Gasteiger partial charge in [0.1, 0.15) is 5.75 Å². The quantitative estimate of drug-likeness (QED) is 0.928. The SMILES string of the molecule is COc1cc(C)c(-c2cn(C)nc2CN)cc1Cl. The van der Waals surface area contributed by atoms with E-state index in [9.17, 15) is 0 Å². The van der Waals surface area contributed by atoms with Crippen LogP contribution in [0.1, 0.15) is 11.3 Å². The van der Waals surface area contributed by atoms with Crippen LogP contribution in [0.4, 0.5) is 0 Å². The van der Waals surface area contributed by atoms with Gasteiger partial charge in [0.15, 0.2) is 0 Å². The molecule has 0 saturated carbocycles. The van der Waals surface area contributed by atoms with Gasteiger partial charge in [0.25, 0.3) is 0 Å². The van der Waals surface area contributed by atoms with Gasteiger partial charge in [0.05, 0.1) is 17.8 Å². The van der Waals surface area contributed by atoms with E-state index in [0.29, 0.717) is 17.3 Å². The molecule has 0 aliphatic rings. The molecule has 2 rings (SSSR count). The number of methoxy groups -OCH3 is 1. The molecule has 96 valence electrons. The highest BCUT2D eigenvalue weighted by molar-refractivity contribution is 6.32. The third-order valence-electron chi connectivity index (χ3n) is 2.89. The fraction of sp³-hybridized carbons (Fsp3) is 0.308. The monoisotopic (exact) mass is 265 g/mol. The molecule has 5 heteroatoms. The number of ether oxygens (including phenoxy) is 1. The first-order valence-corrected chi connectivity index (χ1v) is 6.01. The van der Waals surface area contributed by atoms with Crippen molar-refractivity contribution in [2.45, 2.75) is 13.5 Å². The van der Waals surface area contributed by atoms with Crippen LogP contribution < -0.4 is 10.5 Å². The van der Waals surface area contributed by atoms with Gasteiger partial charge >= 0.3 is 0 Å². The molecule has 0 aliphatic heterocycles. The zero-order chi connectivity index (χ0) is 13.3. The maximum atomic E-state index is 6.17. The van der Waals surface area contributed by atoms with E-state index in [0.717, 1.165) is 22.4 Å². The summed E-state index contributed by atoms with van der Waals surface area (Å²) in [5.74, 6) is 0.677. The van der Waals surface area contributed by atoms with E-state index < -0.39 is 0 Å². The number of hydrogen-bond acceptors (Lipinski definition) is 3. The van der Waals surface area contributed by atoms with E-state index in [1.54, 1.807) is 11.8 Å². The maximum Gasteiger partial charge on any atom is 0.137 e. The normalized spacial score (nSPS) is 10.7. The molecular formula is C13H16ClN3O. The molecule has 0 unspecified atom stereocenters. The first-order chi connectivity index (χ1) is 8.56. The van der Waals surface area contributed by atoms with Crippen molar-refractivity contribution in [2.24, 2.45) is 12.8 Å². The molecule has 0 fully saturated rings. The summed E-state index contributed by atoms with van der Waals surface area (Å²) in [6.45, 7) is 2.42. The molecule has 0 radical (unpaired) electrons. The number of benzene rings is 1. The van der Waals surface area contributed by atoms with Crippen molar-refractivity contribution in [3.05, 3.63) is 34.6 Å². The summed E-state index contributed by atoms with van der Waals surface area (Å²) in [6.07, 6.45) is 1.95. The Morgan fingerprint density at radius 1 is 1.39 bits per heavy atom. The highest BCUT2D eigenvalue weighted by atomic mass is 35.5. The maximum absolute atomic E-state index is 6.17. The third-order valence-corrected chi connectivity index (χ3v) is 3.18. The number of nitrogens with two attached hydrogens (primary N) is 1. The lowest BCUT2D eigenvalue weighted by Gasteiger charge is -2.10. The summed E-state index contributed by atoms with van der Waals surface area (Å²) in [5, 5.41) is 4.92. The Morgan fingerprint density at radius 2 is 2.11 bits per heavy atom. The molecule has 1 heterocycles. The zero-order valence-corrected chi connectivity index (χ0v) is 11.5. The summed E-state index contributed by atoms with van der Waals surface area (Å²) >= 11 is 6.17. The second-order valence-electron chi connectivity index (χ2n) is 4.17. The Labute approximate surface area is 111 Å². The van der Waals surface area contributed by atoms with Crippen LogP contribution in [0.3, 0.4) is 0 Å². The van der Waals surface area contributed by atoms with Gasteiger partial charge < -0.3 is 10.5 Å². The van der Waals surface area contributed by atoms with Crippen molar-refractivity contribution in [3.8, 4) is 16.9 Å². The fourth-order valence-corrected chi connectivity index (χ4v) is 2.25. The molecule has 4 nitrogen and oxygen atoms in total. The third kappa shape index (κ3) is 2.21. The van der Waals surface area contributed by atoms with Crippen molar-refractivity contribution in [1.29, 1.82) is 0 Å². The molecule has 1 aromatic heterocycles. The molecule has 18 heavy (non-hydrogen) atoms. The molecule has 1 aromatic carbocycles. The van der Waals surface area contributed by atoms with Crippen LogP contribution in [0, 0.1) is 6.92 Å². The van der Waals surface area contributed by atoms with E-state index in [1.165, 1.54) is 0 Å². The Morgan fingerprint density at radius 3 is 2.72 bits per heavy atom. The molecule has 0 aliphatic carbocycles. The number of nitrogens with zero attached hydrogens (tertiary/aromatic N) is 2. The van der Waals surface area contributed by atoms with Crippen molar-refractivity contribution in [3.63, 3.8) is 0 Å². The summed E-state index contributed by atoms with van der Waals surface area (Å²) in [5.41, 5.74) is 9.71. The average Bonchev–Trinajstić information content (AvgIpc) is 2.72. The molecule has 0 bridgehead atoms. The summed E-state index contributed by atoms with van der Waals surface area (Å²) in [4.78, 5) is 0. The molecule has 2 aromatic rings. The molecule has 0 spiro atoms. The minimum Gasteiger partial charge on any atom is -0.495 e. The minimum atomic E-state index is 0.402. The van der Waals surface area contributed by atoms with Gasteiger partial charge in [-0.2, -0.15) is 5.10 Å². The highest BCUT2D eigenvalue weighted by Gasteiger charge is 2.13. The summed E-state index contributed by atoms with van der Waals surface area (Å²) < 4.78 is 6.96. The van der Waals surface area contributed by atoms with E-state index >= 15 is 0 Å². The topological polar surface area (TPSA) is 53.1 Å². The van der Waals surface area contributed by atoms with E-state index in [-0.39, 0.29) is 0 Å². The number of halogens is 1. The molecule has 0 atom stereocenters. The first-order valence-electron chi connectivity index (χ1n) is 5.64. The van der Waals surface area contributed by atoms with E-state index in [2.05, 4.69) is 5.10 Å². The number of hydrogen-bond donors (Lipinski definition) is 1. The largest absolute Gasteiger partial charge is 0.495 e. The van der Waals surface area contributed by atoms with Crippen molar-refractivity contribution in [1.82, 2.24) is 9.78 Å². The van der Waals surface area contributed by atoms with Crippen LogP contribution in [0.25, 0.3) is 11.1 Å². The fourth-order valence-electron chi connectivity index (χ4n) is 2.01. The molecule has 2 N–H and O–H groups in total. The Hall–Kier alpha value is -1.52. The number of rotatable bonds is 3. The van der Waals surface area contributed by atoms with Crippen LogP contribution in [0.5, 0.6) is 5.75 Å². The van der Waals surface area contributed by atoms with Crippen LogP contribution >= 0.6 is 11.6 Å². The van der Waals surface area contributed by atoms with Crippen LogP contribution in [0.2, 0.25) is 5.02 Å². The van der Waals surface area contributed by atoms with Crippen molar-refractivity contribution < 1.29 is 4.74 Å². The lowest BCUT2D eigenvalue weighted by Crippen LogP contribution is -2.00. The Bertz CT molecular complexity index is 578. The number of aromatic nitrogens is 2. The lowest BCUT2D eigenvalue weighted by molar-refractivity contribution is 0.415. The van der Waals surface area contributed by atoms with Crippen LogP contribution in [0.15, 0.2) is 18.3 Å². The summed E-state index contributed by atoms with van der Waals surface area (Å²) in [6, 6.07) is 3.82. The predicted molar refractivity (Wildman–Crippen MR) is 72.8 cm³/mol. The Kier molecular flexibility index (Phi) is 3.59. The standard InChI is InChI=1S/C13H16ClN3O/c1-8-4-13(18-3)11(14)5-9(8)10-7-17(2)16-12(10)6-15/h4-5,7H,6,15H2,1-3H3. The van der Waals surface area contributed by atoms with Gasteiger partial charge in [0.2, 0.25) is 0 Å². The predicted octanol–water partition coefficient (Wildman–Crippen LogP) is 2.52. The lowest BCUT2D eigenvalue weighted by atomic mass is 10.0. The van der Waals surface area contributed by atoms with Crippen molar-refractivity contribution >= 4 is 11.6 Å². The van der Waals surface area contributed by atoms with Gasteiger partial charge in [-0.15, -0.1) is 0 Å². The minimum absolute atomic E-state index is 0.402. The molecule has 0 saturated heterocycles. The second-order valence-corrected chi connectivity index (χ2v) is 4.58. The zero-order valence-electron chi connectivity index (χ0n) is 10.7. The van der Waals surface area contributed by atoms with Crippen LogP contribution in [-0.2, 0) is 13.6 Å². The van der Waals surface area contributed by atoms with Gasteiger partial charge in [-0.05, 0) is 30.2 Å². The van der Waals surface area contributed by atoms with Gasteiger partial charge in [-0.1, -0.05) is 11.6 Å². The smallest absolute Gasteiger partial charge is 0.137 e. The average molecular weight is 266 g/mol. The van der Waals surface area contributed by atoms with Gasteiger partial charge in [-0.3, -0.25) is 4.68 Å². The molecule has 0 amide bonds. The van der Waals surface area contributed by atoms with Crippen molar-refractivity contribution in [2.75, 3.05) is 7.11 Å². The number of aryl methyl sites for hydroxylation is 2. The van der Waals surface area contributed by atoms with E-state index in [4.69, 9.17) is 22.1 Å². The Balaban J connectivity index is 2.60. The molecular weight excluding hydrogens is 250 g/mol. The summed E-state index contributed by atoms with van der Waals surface area (Å²) in [7, 11) is 3.48. The van der Waals surface area contributed by atoms with Crippen LogP contribution in [-0.4, -0.2) is 16.9 Å². The highest BCUT2D eigenvalue weighted by Crippen LogP contribution is 2.34. The first kappa shape index (κ1) is 12.9.